The normalized spacial score (nSPS) is 26.1. The molecule has 0 aromatic heterocycles. The number of carbonyl (C=O) groups is 1. The molecular weight excluding hydrogens is 330 g/mol. The van der Waals surface area contributed by atoms with Gasteiger partial charge in [-0.3, -0.25) is 4.79 Å². The number of Topliss-reactive ketones (excluding diaryl/α,β-unsaturated/α-hetero) is 1. The Kier molecular flexibility index (Phi) is 3.34. The summed E-state index contributed by atoms with van der Waals surface area (Å²) in [6, 6.07) is 8.58. The van der Waals surface area contributed by atoms with Gasteiger partial charge < -0.3 is 20.7 Å². The SMILES string of the molecule is CC(C)c1cc(C(C)C)c2c(c1)C1(O)C(=O)c3c(N)cccc3C1(O)O2. The Labute approximate surface area is 152 Å². The van der Waals surface area contributed by atoms with Gasteiger partial charge in [0.25, 0.3) is 5.79 Å². The Morgan fingerprint density at radius 1 is 1.04 bits per heavy atom. The Morgan fingerprint density at radius 3 is 2.35 bits per heavy atom. The number of anilines is 1. The molecule has 2 atom stereocenters. The summed E-state index contributed by atoms with van der Waals surface area (Å²) in [5.74, 6) is -2.11. The van der Waals surface area contributed by atoms with Crippen LogP contribution in [0.4, 0.5) is 5.69 Å². The summed E-state index contributed by atoms with van der Waals surface area (Å²) in [5.41, 5.74) is 6.47. The van der Waals surface area contributed by atoms with E-state index in [0.717, 1.165) is 11.1 Å². The van der Waals surface area contributed by atoms with Crippen LogP contribution in [0.3, 0.4) is 0 Å². The molecule has 2 aliphatic rings. The van der Waals surface area contributed by atoms with Crippen molar-refractivity contribution in [1.29, 1.82) is 0 Å². The second-order valence-electron chi connectivity index (χ2n) is 7.85. The van der Waals surface area contributed by atoms with Crippen molar-refractivity contribution in [2.24, 2.45) is 0 Å². The molecule has 0 radical (unpaired) electrons. The lowest BCUT2D eigenvalue weighted by atomic mass is 9.83. The first kappa shape index (κ1) is 17.1. The fourth-order valence-corrected chi connectivity index (χ4v) is 4.04. The number of ether oxygens (including phenoxy) is 1. The Morgan fingerprint density at radius 2 is 1.73 bits per heavy atom. The van der Waals surface area contributed by atoms with E-state index in [4.69, 9.17) is 10.5 Å². The van der Waals surface area contributed by atoms with Gasteiger partial charge in [0.15, 0.2) is 0 Å². The van der Waals surface area contributed by atoms with E-state index in [1.807, 2.05) is 33.8 Å². The van der Waals surface area contributed by atoms with Crippen LogP contribution in [0, 0.1) is 0 Å². The number of nitrogens with two attached hydrogens (primary N) is 1. The predicted molar refractivity (Wildman–Crippen MR) is 98.2 cm³/mol. The smallest absolute Gasteiger partial charge is 0.276 e. The lowest BCUT2D eigenvalue weighted by molar-refractivity contribution is -0.224. The lowest BCUT2D eigenvalue weighted by Gasteiger charge is -2.28. The zero-order valence-electron chi connectivity index (χ0n) is 15.3. The third-order valence-corrected chi connectivity index (χ3v) is 5.58. The molecule has 0 fully saturated rings. The second kappa shape index (κ2) is 5.09. The van der Waals surface area contributed by atoms with Crippen molar-refractivity contribution in [3.63, 3.8) is 0 Å². The standard InChI is InChI=1S/C21H23NO4/c1-10(2)12-8-13(11(3)4)18-15(9-12)20(24)19(23)17-14(21(20,25)26-18)6-5-7-16(17)22/h5-11,24-25H,22H2,1-4H3. The fourth-order valence-electron chi connectivity index (χ4n) is 4.04. The third kappa shape index (κ3) is 1.79. The van der Waals surface area contributed by atoms with E-state index >= 15 is 0 Å². The summed E-state index contributed by atoms with van der Waals surface area (Å²) in [6.45, 7) is 8.11. The van der Waals surface area contributed by atoms with Crippen molar-refractivity contribution in [3.05, 3.63) is 58.1 Å². The molecule has 0 bridgehead atoms. The number of hydrogen-bond acceptors (Lipinski definition) is 5. The van der Waals surface area contributed by atoms with Crippen LogP contribution in [0.1, 0.15) is 72.1 Å². The molecule has 1 aliphatic heterocycles. The first-order valence-electron chi connectivity index (χ1n) is 8.88. The molecule has 2 unspecified atom stereocenters. The van der Waals surface area contributed by atoms with Gasteiger partial charge in [-0.05, 0) is 35.1 Å². The quantitative estimate of drug-likeness (QED) is 0.721. The van der Waals surface area contributed by atoms with E-state index < -0.39 is 17.2 Å². The molecule has 1 heterocycles. The van der Waals surface area contributed by atoms with Crippen LogP contribution in [0.2, 0.25) is 0 Å². The summed E-state index contributed by atoms with van der Waals surface area (Å²) in [6.07, 6.45) is 0. The summed E-state index contributed by atoms with van der Waals surface area (Å²) in [4.78, 5) is 13.2. The largest absolute Gasteiger partial charge is 0.453 e. The molecule has 0 spiro atoms. The minimum atomic E-state index is -2.20. The number of ketones is 1. The van der Waals surface area contributed by atoms with Gasteiger partial charge in [0.05, 0.1) is 5.56 Å². The highest BCUT2D eigenvalue weighted by Crippen LogP contribution is 2.60. The van der Waals surface area contributed by atoms with Gasteiger partial charge in [-0.2, -0.15) is 0 Å². The third-order valence-electron chi connectivity index (χ3n) is 5.58. The molecule has 5 nitrogen and oxygen atoms in total. The molecule has 4 N–H and O–H groups in total. The van der Waals surface area contributed by atoms with Crippen LogP contribution in [-0.2, 0) is 11.4 Å². The molecule has 0 amide bonds. The Bertz CT molecular complexity index is 949. The number of benzene rings is 2. The average molecular weight is 353 g/mol. The average Bonchev–Trinajstić information content (AvgIpc) is 2.91. The first-order chi connectivity index (χ1) is 12.1. The van der Waals surface area contributed by atoms with E-state index in [-0.39, 0.29) is 28.7 Å². The van der Waals surface area contributed by atoms with Gasteiger partial charge in [0.2, 0.25) is 11.4 Å². The number of aliphatic hydroxyl groups is 2. The summed E-state index contributed by atoms with van der Waals surface area (Å²) in [5, 5.41) is 22.8. The predicted octanol–water partition coefficient (Wildman–Crippen LogP) is 3.14. The first-order valence-corrected chi connectivity index (χ1v) is 8.88. The molecule has 4 rings (SSSR count). The summed E-state index contributed by atoms with van der Waals surface area (Å²) in [7, 11) is 0. The number of rotatable bonds is 2. The van der Waals surface area contributed by atoms with E-state index in [2.05, 4.69) is 0 Å². The number of carbonyl (C=O) groups excluding carboxylic acids is 1. The maximum Gasteiger partial charge on any atom is 0.276 e. The summed E-state index contributed by atoms with van der Waals surface area (Å²) >= 11 is 0. The van der Waals surface area contributed by atoms with Gasteiger partial charge >= 0.3 is 0 Å². The highest BCUT2D eigenvalue weighted by Gasteiger charge is 2.71. The Hall–Kier alpha value is -2.37. The van der Waals surface area contributed by atoms with Crippen LogP contribution in [0.5, 0.6) is 5.75 Å². The van der Waals surface area contributed by atoms with Gasteiger partial charge in [-0.15, -0.1) is 0 Å². The van der Waals surface area contributed by atoms with Gasteiger partial charge in [-0.1, -0.05) is 45.9 Å². The molecule has 0 saturated carbocycles. The van der Waals surface area contributed by atoms with Crippen molar-refractivity contribution >= 4 is 11.5 Å². The number of nitrogen functional groups attached to an aromatic ring is 1. The van der Waals surface area contributed by atoms with E-state index in [0.29, 0.717) is 11.3 Å². The van der Waals surface area contributed by atoms with Crippen molar-refractivity contribution in [1.82, 2.24) is 0 Å². The minimum absolute atomic E-state index is 0.101. The molecule has 5 heteroatoms. The topological polar surface area (TPSA) is 92.8 Å². The van der Waals surface area contributed by atoms with Crippen LogP contribution in [-0.4, -0.2) is 16.0 Å². The fraction of sp³-hybridized carbons (Fsp3) is 0.381. The summed E-state index contributed by atoms with van der Waals surface area (Å²) < 4.78 is 5.93. The van der Waals surface area contributed by atoms with Crippen LogP contribution in [0.15, 0.2) is 30.3 Å². The van der Waals surface area contributed by atoms with E-state index in [1.54, 1.807) is 24.3 Å². The van der Waals surface area contributed by atoms with E-state index in [1.165, 1.54) is 0 Å². The second-order valence-corrected chi connectivity index (χ2v) is 7.85. The highest BCUT2D eigenvalue weighted by molar-refractivity contribution is 6.13. The van der Waals surface area contributed by atoms with Crippen molar-refractivity contribution in [3.8, 4) is 5.75 Å². The monoisotopic (exact) mass is 353 g/mol. The molecule has 0 saturated heterocycles. The molecule has 1 aliphatic carbocycles. The maximum atomic E-state index is 13.2. The minimum Gasteiger partial charge on any atom is -0.453 e. The molecule has 136 valence electrons. The molecule has 2 aromatic rings. The number of hydrogen-bond donors (Lipinski definition) is 3. The van der Waals surface area contributed by atoms with Crippen molar-refractivity contribution < 1.29 is 19.7 Å². The van der Waals surface area contributed by atoms with Gasteiger partial charge in [-0.25, -0.2) is 0 Å². The van der Waals surface area contributed by atoms with Crippen LogP contribution >= 0.6 is 0 Å². The molecular formula is C21H23NO4. The van der Waals surface area contributed by atoms with Gasteiger partial charge in [0.1, 0.15) is 5.75 Å². The van der Waals surface area contributed by atoms with Gasteiger partial charge in [0, 0.05) is 16.8 Å². The van der Waals surface area contributed by atoms with Crippen LogP contribution < -0.4 is 10.5 Å². The van der Waals surface area contributed by atoms with Crippen molar-refractivity contribution in [2.75, 3.05) is 5.73 Å². The molecule has 2 aromatic carbocycles. The molecule has 26 heavy (non-hydrogen) atoms. The lowest BCUT2D eigenvalue weighted by Crippen LogP contribution is -2.48. The number of fused-ring (bicyclic) bond motifs is 5. The highest BCUT2D eigenvalue weighted by atomic mass is 16.7. The van der Waals surface area contributed by atoms with Crippen molar-refractivity contribution in [2.45, 2.75) is 50.9 Å². The van der Waals surface area contributed by atoms with Crippen LogP contribution in [0.25, 0.3) is 0 Å². The Balaban J connectivity index is 2.05. The maximum absolute atomic E-state index is 13.2. The zero-order chi connectivity index (χ0) is 19.0. The zero-order valence-corrected chi connectivity index (χ0v) is 15.3. The van der Waals surface area contributed by atoms with E-state index in [9.17, 15) is 15.0 Å².